The number of nitrogens with zero attached hydrogens (tertiary/aromatic N) is 5. The van der Waals surface area contributed by atoms with E-state index in [1.165, 1.54) is 32.6 Å². The van der Waals surface area contributed by atoms with E-state index < -0.39 is 0 Å². The summed E-state index contributed by atoms with van der Waals surface area (Å²) in [6.07, 6.45) is 0. The molecule has 0 spiro atoms. The van der Waals surface area contributed by atoms with E-state index in [0.717, 1.165) is 61.0 Å². The Balaban J connectivity index is 1.08. The van der Waals surface area contributed by atoms with Gasteiger partial charge in [0.05, 0.1) is 40.7 Å². The van der Waals surface area contributed by atoms with Crippen LogP contribution >= 0.6 is 0 Å². The van der Waals surface area contributed by atoms with Crippen molar-refractivity contribution in [3.05, 3.63) is 199 Å². The molecule has 3 heterocycles. The van der Waals surface area contributed by atoms with Gasteiger partial charge in [0.1, 0.15) is 0 Å². The molecule has 0 atom stereocenters. The molecule has 0 N–H and O–H groups in total. The molecule has 0 bridgehead atoms. The van der Waals surface area contributed by atoms with E-state index in [9.17, 15) is 0 Å². The van der Waals surface area contributed by atoms with Gasteiger partial charge in [0.2, 0.25) is 0 Å². The van der Waals surface area contributed by atoms with Gasteiger partial charge in [-0.1, -0.05) is 109 Å². The first-order valence-corrected chi connectivity index (χ1v) is 18.3. The quantitative estimate of drug-likeness (QED) is 0.163. The minimum Gasteiger partial charge on any atom is -0.311 e. The summed E-state index contributed by atoms with van der Waals surface area (Å²) in [6.45, 7) is 15.6. The van der Waals surface area contributed by atoms with Crippen molar-refractivity contribution in [3.63, 3.8) is 0 Å². The highest BCUT2D eigenvalue weighted by molar-refractivity contribution is 6.13. The first kappa shape index (κ1) is 30.7. The molecule has 0 aliphatic rings. The summed E-state index contributed by atoms with van der Waals surface area (Å²) in [5.41, 5.74) is 12.9. The smallest absolute Gasteiger partial charge is 0.189 e. The Bertz CT molecular complexity index is 3400. The molecule has 0 amide bonds. The van der Waals surface area contributed by atoms with Gasteiger partial charge in [0, 0.05) is 60.5 Å². The second kappa shape index (κ2) is 11.8. The van der Waals surface area contributed by atoms with Crippen molar-refractivity contribution in [1.82, 2.24) is 13.7 Å². The van der Waals surface area contributed by atoms with Crippen LogP contribution < -0.4 is 0 Å². The van der Waals surface area contributed by atoms with E-state index >= 15 is 0 Å². The van der Waals surface area contributed by atoms with E-state index in [1.54, 1.807) is 0 Å². The number of benzene rings is 8. The molecule has 55 heavy (non-hydrogen) atoms. The zero-order valence-electron chi connectivity index (χ0n) is 29.5. The fourth-order valence-corrected chi connectivity index (χ4v) is 8.68. The number of rotatable bonds is 4. The van der Waals surface area contributed by atoms with Crippen molar-refractivity contribution >= 4 is 76.8 Å². The highest BCUT2D eigenvalue weighted by Crippen LogP contribution is 2.41. The minimum absolute atomic E-state index is 0.563. The Morgan fingerprint density at radius 2 is 0.782 bits per heavy atom. The third-order valence-electron chi connectivity index (χ3n) is 11.1. The summed E-state index contributed by atoms with van der Waals surface area (Å²) in [5, 5.41) is 7.08. The molecule has 11 aromatic rings. The van der Waals surface area contributed by atoms with Gasteiger partial charge in [-0.3, -0.25) is 0 Å². The number of hydrogen-bond donors (Lipinski definition) is 0. The van der Waals surface area contributed by atoms with E-state index in [-0.39, 0.29) is 0 Å². The van der Waals surface area contributed by atoms with E-state index in [4.69, 9.17) is 13.1 Å². The maximum absolute atomic E-state index is 7.87. The van der Waals surface area contributed by atoms with Crippen LogP contribution in [0.25, 0.3) is 103 Å². The second-order valence-electron chi connectivity index (χ2n) is 13.9. The van der Waals surface area contributed by atoms with Crippen LogP contribution in [0.2, 0.25) is 0 Å². The average molecular weight is 700 g/mol. The van der Waals surface area contributed by atoms with Gasteiger partial charge in [-0.05, 0) is 72.3 Å². The monoisotopic (exact) mass is 699 g/mol. The maximum Gasteiger partial charge on any atom is 0.189 e. The molecule has 0 radical (unpaired) electrons. The summed E-state index contributed by atoms with van der Waals surface area (Å²) in [4.78, 5) is 7.55. The van der Waals surface area contributed by atoms with Gasteiger partial charge in [0.15, 0.2) is 11.4 Å². The van der Waals surface area contributed by atoms with Gasteiger partial charge in [-0.2, -0.15) is 0 Å². The first-order chi connectivity index (χ1) is 27.2. The molecule has 0 fully saturated rings. The summed E-state index contributed by atoms with van der Waals surface area (Å²) >= 11 is 0. The molecule has 3 aromatic heterocycles. The largest absolute Gasteiger partial charge is 0.311 e. The molecule has 5 heteroatoms. The Morgan fingerprint density at radius 1 is 0.327 bits per heavy atom. The fraction of sp³-hybridized carbons (Fsp3) is 0. The van der Waals surface area contributed by atoms with Crippen LogP contribution in [-0.4, -0.2) is 13.7 Å². The second-order valence-corrected chi connectivity index (χ2v) is 13.9. The number of hydrogen-bond acceptors (Lipinski definition) is 0. The lowest BCUT2D eigenvalue weighted by Crippen LogP contribution is -1.98. The minimum atomic E-state index is 0.563. The van der Waals surface area contributed by atoms with Gasteiger partial charge in [-0.15, -0.1) is 0 Å². The predicted molar refractivity (Wildman–Crippen MR) is 227 cm³/mol. The lowest BCUT2D eigenvalue weighted by molar-refractivity contribution is 1.16. The van der Waals surface area contributed by atoms with E-state index in [2.05, 4.69) is 151 Å². The first-order valence-electron chi connectivity index (χ1n) is 18.3. The fourth-order valence-electron chi connectivity index (χ4n) is 8.68. The van der Waals surface area contributed by atoms with Gasteiger partial charge < -0.3 is 13.7 Å². The highest BCUT2D eigenvalue weighted by Gasteiger charge is 2.19. The third kappa shape index (κ3) is 4.51. The number of fused-ring (bicyclic) bond motifs is 9. The molecule has 0 aliphatic heterocycles. The Labute approximate surface area is 316 Å². The third-order valence-corrected chi connectivity index (χ3v) is 11.1. The SMILES string of the molecule is [C-]#[N+]c1ccc(-c2ccc(-n3c4ccccc4c4cc(-n5c6ccccc6c6ccccc65)ccc43)cc2)c(-n2c3ccccc3c3ccc([N+]#[C-])cc32)c1. The van der Waals surface area contributed by atoms with Crippen LogP contribution in [0, 0.1) is 13.1 Å². The summed E-state index contributed by atoms with van der Waals surface area (Å²) < 4.78 is 6.94. The molecular weight excluding hydrogens is 671 g/mol. The predicted octanol–water partition coefficient (Wildman–Crippen LogP) is 13.7. The van der Waals surface area contributed by atoms with Crippen LogP contribution in [-0.2, 0) is 0 Å². The van der Waals surface area contributed by atoms with Crippen LogP contribution in [0.1, 0.15) is 0 Å². The number of para-hydroxylation sites is 4. The highest BCUT2D eigenvalue weighted by atomic mass is 15.0. The Morgan fingerprint density at radius 3 is 1.38 bits per heavy atom. The molecule has 8 aromatic carbocycles. The Hall–Kier alpha value is -7.86. The lowest BCUT2D eigenvalue weighted by atomic mass is 10.0. The molecule has 0 unspecified atom stereocenters. The molecular formula is C50H29N5. The van der Waals surface area contributed by atoms with Crippen LogP contribution in [0.4, 0.5) is 11.4 Å². The van der Waals surface area contributed by atoms with Crippen LogP contribution in [0.15, 0.2) is 176 Å². The normalized spacial score (nSPS) is 11.6. The molecule has 0 aliphatic carbocycles. The van der Waals surface area contributed by atoms with Crippen molar-refractivity contribution in [1.29, 1.82) is 0 Å². The molecule has 5 nitrogen and oxygen atoms in total. The topological polar surface area (TPSA) is 23.5 Å². The molecule has 11 rings (SSSR count). The average Bonchev–Trinajstić information content (AvgIpc) is 3.88. The maximum atomic E-state index is 7.87. The van der Waals surface area contributed by atoms with Gasteiger partial charge in [-0.25, -0.2) is 9.69 Å². The molecule has 0 saturated carbocycles. The van der Waals surface area contributed by atoms with Crippen molar-refractivity contribution in [3.8, 4) is 28.2 Å². The zero-order chi connectivity index (χ0) is 36.6. The Kier molecular flexibility index (Phi) is 6.61. The van der Waals surface area contributed by atoms with Crippen LogP contribution in [0.3, 0.4) is 0 Å². The molecule has 0 saturated heterocycles. The summed E-state index contributed by atoms with van der Waals surface area (Å²) in [5.74, 6) is 0. The van der Waals surface area contributed by atoms with Gasteiger partial charge in [0.25, 0.3) is 0 Å². The lowest BCUT2D eigenvalue weighted by Gasteiger charge is -2.16. The standard InChI is InChI=1S/C50H29N5/c1-51-33-21-26-37(49(29-33)55-47-18-10-5-13-40(47)42-27-22-34(52-2)30-50(42)55)32-19-23-35(24-20-32)53-46-17-9-6-14-41(46)43-31-36(25-28-48(43)53)54-44-15-7-3-11-38(44)39-12-4-8-16-45(39)54/h3-31H. The van der Waals surface area contributed by atoms with E-state index in [1.807, 2.05) is 48.5 Å². The summed E-state index contributed by atoms with van der Waals surface area (Å²) in [7, 11) is 0. The van der Waals surface area contributed by atoms with Gasteiger partial charge >= 0.3 is 0 Å². The summed E-state index contributed by atoms with van der Waals surface area (Å²) in [6, 6.07) is 61.6. The van der Waals surface area contributed by atoms with Crippen molar-refractivity contribution in [2.45, 2.75) is 0 Å². The van der Waals surface area contributed by atoms with Crippen LogP contribution in [0.5, 0.6) is 0 Å². The zero-order valence-corrected chi connectivity index (χ0v) is 29.5. The van der Waals surface area contributed by atoms with Crippen molar-refractivity contribution in [2.24, 2.45) is 0 Å². The van der Waals surface area contributed by atoms with Crippen molar-refractivity contribution < 1.29 is 0 Å². The van der Waals surface area contributed by atoms with E-state index in [0.29, 0.717) is 11.4 Å². The number of aromatic nitrogens is 3. The van der Waals surface area contributed by atoms with Crippen molar-refractivity contribution in [2.75, 3.05) is 0 Å². The molecule has 254 valence electrons.